The van der Waals surface area contributed by atoms with E-state index in [9.17, 15) is 0 Å². The van der Waals surface area contributed by atoms with E-state index in [0.29, 0.717) is 16.6 Å². The third kappa shape index (κ3) is 3.94. The average Bonchev–Trinajstić information content (AvgIpc) is 2.45. The second kappa shape index (κ2) is 6.55. The molecular formula is C15H14ClNOS. The lowest BCUT2D eigenvalue weighted by Gasteiger charge is -2.09. The first-order valence-corrected chi connectivity index (χ1v) is 6.64. The quantitative estimate of drug-likeness (QED) is 0.866. The number of ether oxygens (including phenoxy) is 1. The molecule has 1 N–H and O–H groups in total. The van der Waals surface area contributed by atoms with E-state index in [0.717, 1.165) is 16.9 Å². The highest BCUT2D eigenvalue weighted by atomic mass is 35.5. The Balaban J connectivity index is 1.96. The van der Waals surface area contributed by atoms with Crippen LogP contribution >= 0.6 is 23.8 Å². The van der Waals surface area contributed by atoms with Gasteiger partial charge in [-0.3, -0.25) is 0 Å². The van der Waals surface area contributed by atoms with Gasteiger partial charge in [0.2, 0.25) is 0 Å². The van der Waals surface area contributed by atoms with E-state index >= 15 is 0 Å². The lowest BCUT2D eigenvalue weighted by molar-refractivity contribution is 0.414. The predicted octanol–water partition coefficient (Wildman–Crippen LogP) is 3.81. The summed E-state index contributed by atoms with van der Waals surface area (Å²) in [6.45, 7) is 0.676. The summed E-state index contributed by atoms with van der Waals surface area (Å²) >= 11 is 11.3. The molecule has 0 heterocycles. The highest BCUT2D eigenvalue weighted by Gasteiger charge is 2.01. The molecule has 2 rings (SSSR count). The molecule has 19 heavy (non-hydrogen) atoms. The summed E-state index contributed by atoms with van der Waals surface area (Å²) in [7, 11) is 1.65. The van der Waals surface area contributed by atoms with Crippen LogP contribution in [-0.4, -0.2) is 12.1 Å². The molecule has 2 aromatic rings. The van der Waals surface area contributed by atoms with Crippen LogP contribution in [0.1, 0.15) is 11.1 Å². The van der Waals surface area contributed by atoms with Crippen molar-refractivity contribution >= 4 is 28.8 Å². The predicted molar refractivity (Wildman–Crippen MR) is 83.0 cm³/mol. The minimum Gasteiger partial charge on any atom is -0.497 e. The van der Waals surface area contributed by atoms with Crippen LogP contribution in [0.15, 0.2) is 48.5 Å². The molecule has 2 nitrogen and oxygen atoms in total. The lowest BCUT2D eigenvalue weighted by Crippen LogP contribution is -2.21. The number of halogens is 1. The molecule has 0 aliphatic rings. The highest BCUT2D eigenvalue weighted by Crippen LogP contribution is 2.13. The van der Waals surface area contributed by atoms with Crippen LogP contribution in [-0.2, 0) is 6.54 Å². The maximum Gasteiger partial charge on any atom is 0.118 e. The molecule has 0 spiro atoms. The number of rotatable bonds is 4. The first-order valence-electron chi connectivity index (χ1n) is 5.86. The fourth-order valence-electron chi connectivity index (χ4n) is 1.66. The molecule has 98 valence electrons. The number of nitrogens with one attached hydrogen (secondary N) is 1. The monoisotopic (exact) mass is 291 g/mol. The Bertz CT molecular complexity index is 569. The van der Waals surface area contributed by atoms with E-state index in [1.54, 1.807) is 7.11 Å². The Morgan fingerprint density at radius 2 is 1.95 bits per heavy atom. The number of hydrogen-bond acceptors (Lipinski definition) is 2. The molecule has 0 unspecified atom stereocenters. The first kappa shape index (κ1) is 13.8. The Kier molecular flexibility index (Phi) is 4.77. The Morgan fingerprint density at radius 3 is 2.58 bits per heavy atom. The van der Waals surface area contributed by atoms with Gasteiger partial charge in [-0.1, -0.05) is 48.1 Å². The summed E-state index contributed by atoms with van der Waals surface area (Å²) in [4.78, 5) is 0.693. The fraction of sp³-hybridized carbons (Fsp3) is 0.133. The zero-order chi connectivity index (χ0) is 13.7. The molecule has 4 heteroatoms. The van der Waals surface area contributed by atoms with Crippen LogP contribution in [0.5, 0.6) is 5.75 Å². The van der Waals surface area contributed by atoms with E-state index in [1.165, 1.54) is 0 Å². The molecule has 0 aromatic heterocycles. The van der Waals surface area contributed by atoms with Crippen molar-refractivity contribution in [3.63, 3.8) is 0 Å². The number of benzene rings is 2. The normalized spacial score (nSPS) is 10.0. The zero-order valence-corrected chi connectivity index (χ0v) is 12.1. The third-order valence-corrected chi connectivity index (χ3v) is 3.31. The first-order chi connectivity index (χ1) is 9.19. The molecule has 0 bridgehead atoms. The minimum absolute atomic E-state index is 0.676. The molecule has 0 fully saturated rings. The molecule has 0 aliphatic carbocycles. The van der Waals surface area contributed by atoms with Crippen LogP contribution in [0.3, 0.4) is 0 Å². The van der Waals surface area contributed by atoms with Gasteiger partial charge in [0.15, 0.2) is 0 Å². The van der Waals surface area contributed by atoms with Crippen molar-refractivity contribution in [2.24, 2.45) is 0 Å². The van der Waals surface area contributed by atoms with Gasteiger partial charge in [0.1, 0.15) is 10.7 Å². The van der Waals surface area contributed by atoms with Gasteiger partial charge < -0.3 is 10.1 Å². The van der Waals surface area contributed by atoms with E-state index in [1.807, 2.05) is 48.5 Å². The lowest BCUT2D eigenvalue weighted by atomic mass is 10.2. The van der Waals surface area contributed by atoms with E-state index in [4.69, 9.17) is 28.6 Å². The van der Waals surface area contributed by atoms with Gasteiger partial charge in [0.25, 0.3) is 0 Å². The van der Waals surface area contributed by atoms with Crippen LogP contribution in [0.2, 0.25) is 5.02 Å². The Labute approximate surface area is 123 Å². The van der Waals surface area contributed by atoms with Gasteiger partial charge in [0, 0.05) is 17.1 Å². The Hall–Kier alpha value is -1.58. The van der Waals surface area contributed by atoms with Crippen LogP contribution < -0.4 is 10.1 Å². The van der Waals surface area contributed by atoms with Gasteiger partial charge in [0.05, 0.1) is 7.11 Å². The maximum atomic E-state index is 5.94. The topological polar surface area (TPSA) is 21.3 Å². The summed E-state index contributed by atoms with van der Waals surface area (Å²) in [6, 6.07) is 15.4. The summed E-state index contributed by atoms with van der Waals surface area (Å²) < 4.78 is 5.12. The van der Waals surface area contributed by atoms with Gasteiger partial charge in [-0.05, 0) is 29.8 Å². The van der Waals surface area contributed by atoms with Crippen molar-refractivity contribution in [3.8, 4) is 5.75 Å². The third-order valence-electron chi connectivity index (χ3n) is 2.70. The summed E-state index contributed by atoms with van der Waals surface area (Å²) in [5.41, 5.74) is 2.07. The molecular weight excluding hydrogens is 278 g/mol. The van der Waals surface area contributed by atoms with Crippen LogP contribution in [0, 0.1) is 0 Å². The van der Waals surface area contributed by atoms with Crippen molar-refractivity contribution in [3.05, 3.63) is 64.7 Å². The van der Waals surface area contributed by atoms with E-state index < -0.39 is 0 Å². The smallest absolute Gasteiger partial charge is 0.118 e. The number of methoxy groups -OCH3 is 1. The molecule has 0 saturated heterocycles. The molecule has 0 amide bonds. The number of thiocarbonyl (C=S) groups is 1. The van der Waals surface area contributed by atoms with Gasteiger partial charge in [-0.15, -0.1) is 0 Å². The van der Waals surface area contributed by atoms with Crippen LogP contribution in [0.4, 0.5) is 0 Å². The molecule has 0 saturated carbocycles. The zero-order valence-electron chi connectivity index (χ0n) is 10.5. The molecule has 0 radical (unpaired) electrons. The fourth-order valence-corrected chi connectivity index (χ4v) is 2.05. The largest absolute Gasteiger partial charge is 0.497 e. The van der Waals surface area contributed by atoms with Crippen molar-refractivity contribution in [1.29, 1.82) is 0 Å². The van der Waals surface area contributed by atoms with Crippen molar-refractivity contribution in [2.75, 3.05) is 7.11 Å². The van der Waals surface area contributed by atoms with Crippen molar-refractivity contribution in [2.45, 2.75) is 6.54 Å². The average molecular weight is 292 g/mol. The summed E-state index contributed by atoms with van der Waals surface area (Å²) in [6.07, 6.45) is 0. The van der Waals surface area contributed by atoms with E-state index in [-0.39, 0.29) is 0 Å². The van der Waals surface area contributed by atoms with Crippen molar-refractivity contribution < 1.29 is 4.74 Å². The van der Waals surface area contributed by atoms with Crippen LogP contribution in [0.25, 0.3) is 0 Å². The standard InChI is InChI=1S/C15H14ClNOS/c1-18-14-7-5-11(6-8-14)10-17-15(19)12-3-2-4-13(16)9-12/h2-9H,10H2,1H3,(H,17,19). The second-order valence-corrected chi connectivity index (χ2v) is 4.89. The highest BCUT2D eigenvalue weighted by molar-refractivity contribution is 7.80. The molecule has 2 aromatic carbocycles. The van der Waals surface area contributed by atoms with Gasteiger partial charge in [-0.25, -0.2) is 0 Å². The molecule has 0 atom stereocenters. The minimum atomic E-state index is 0.676. The van der Waals surface area contributed by atoms with E-state index in [2.05, 4.69) is 5.32 Å². The summed E-state index contributed by atoms with van der Waals surface area (Å²) in [5.74, 6) is 0.848. The Morgan fingerprint density at radius 1 is 1.21 bits per heavy atom. The molecule has 0 aliphatic heterocycles. The SMILES string of the molecule is COc1ccc(CNC(=S)c2cccc(Cl)c2)cc1. The van der Waals surface area contributed by atoms with Gasteiger partial charge in [-0.2, -0.15) is 0 Å². The number of hydrogen-bond donors (Lipinski definition) is 1. The van der Waals surface area contributed by atoms with Gasteiger partial charge >= 0.3 is 0 Å². The second-order valence-electron chi connectivity index (χ2n) is 4.04. The summed E-state index contributed by atoms with van der Waals surface area (Å²) in [5, 5.41) is 3.90. The maximum absolute atomic E-state index is 5.94. The van der Waals surface area contributed by atoms with Crippen molar-refractivity contribution in [1.82, 2.24) is 5.32 Å².